The lowest BCUT2D eigenvalue weighted by molar-refractivity contribution is -0.118. The lowest BCUT2D eigenvalue weighted by atomic mass is 10.1. The van der Waals surface area contributed by atoms with Crippen LogP contribution in [0.25, 0.3) is 11.3 Å². The molecule has 6 heteroatoms. The number of amides is 1. The number of carbonyl (C=O) groups excluding carboxylic acids is 1. The summed E-state index contributed by atoms with van der Waals surface area (Å²) in [4.78, 5) is 10.9. The van der Waals surface area contributed by atoms with Gasteiger partial charge in [-0.25, -0.2) is 0 Å². The molecule has 0 aliphatic heterocycles. The minimum Gasteiger partial charge on any atom is -0.356 e. The third kappa shape index (κ3) is 5.68. The van der Waals surface area contributed by atoms with Gasteiger partial charge in [0.1, 0.15) is 0 Å². The molecule has 3 rings (SSSR count). The van der Waals surface area contributed by atoms with E-state index in [-0.39, 0.29) is 5.91 Å². The summed E-state index contributed by atoms with van der Waals surface area (Å²) in [6.07, 6.45) is 2.96. The lowest BCUT2D eigenvalue weighted by Gasteiger charge is -2.06. The molecule has 146 valence electrons. The number of nitrogens with one attached hydrogen (secondary N) is 2. The maximum absolute atomic E-state index is 10.9. The number of halogens is 1. The minimum absolute atomic E-state index is 0.00668. The van der Waals surface area contributed by atoms with E-state index < -0.39 is 0 Å². The fourth-order valence-electron chi connectivity index (χ4n) is 3.01. The first-order chi connectivity index (χ1) is 13.6. The van der Waals surface area contributed by atoms with Crippen molar-refractivity contribution in [1.29, 1.82) is 0 Å². The summed E-state index contributed by atoms with van der Waals surface area (Å²) >= 11 is 6.31. The molecule has 0 fully saturated rings. The van der Waals surface area contributed by atoms with Crippen LogP contribution in [0.15, 0.2) is 60.8 Å². The third-order valence-corrected chi connectivity index (χ3v) is 4.76. The molecule has 1 aromatic heterocycles. The Balaban J connectivity index is 1.71. The van der Waals surface area contributed by atoms with Crippen molar-refractivity contribution in [3.8, 4) is 11.3 Å². The molecule has 0 saturated heterocycles. The monoisotopic (exact) mass is 396 g/mol. The van der Waals surface area contributed by atoms with Crippen LogP contribution in [0.2, 0.25) is 5.02 Å². The second kappa shape index (κ2) is 10.1. The average molecular weight is 397 g/mol. The van der Waals surface area contributed by atoms with Crippen LogP contribution in [0.5, 0.6) is 0 Å². The Morgan fingerprint density at radius 3 is 2.54 bits per heavy atom. The van der Waals surface area contributed by atoms with E-state index in [0.29, 0.717) is 19.6 Å². The molecule has 5 nitrogen and oxygen atoms in total. The largest absolute Gasteiger partial charge is 0.356 e. The molecule has 1 heterocycles. The second-order valence-electron chi connectivity index (χ2n) is 6.67. The summed E-state index contributed by atoms with van der Waals surface area (Å²) in [6, 6.07) is 18.0. The highest BCUT2D eigenvalue weighted by Crippen LogP contribution is 2.23. The SMILES string of the molecule is CC(=O)NCCCNCc1cn(Cc2ccccc2Cl)nc1-c1ccccc1. The molecule has 1 amide bonds. The van der Waals surface area contributed by atoms with Crippen LogP contribution < -0.4 is 10.6 Å². The maximum Gasteiger partial charge on any atom is 0.216 e. The van der Waals surface area contributed by atoms with Crippen LogP contribution in [0.1, 0.15) is 24.5 Å². The first kappa shape index (κ1) is 20.1. The van der Waals surface area contributed by atoms with Gasteiger partial charge in [0.15, 0.2) is 0 Å². The van der Waals surface area contributed by atoms with Gasteiger partial charge in [-0.3, -0.25) is 9.48 Å². The standard InChI is InChI=1S/C22H25ClN4O/c1-17(28)25-13-7-12-24-14-20-16-27(15-19-10-5-6-11-21(19)23)26-22(20)18-8-3-2-4-9-18/h2-6,8-11,16,24H,7,12-15H2,1H3,(H,25,28). The maximum atomic E-state index is 10.9. The molecule has 0 aliphatic rings. The molecular weight excluding hydrogens is 372 g/mol. The lowest BCUT2D eigenvalue weighted by Crippen LogP contribution is -2.25. The summed E-state index contributed by atoms with van der Waals surface area (Å²) < 4.78 is 1.94. The van der Waals surface area contributed by atoms with E-state index in [4.69, 9.17) is 16.7 Å². The fourth-order valence-corrected chi connectivity index (χ4v) is 3.21. The molecule has 28 heavy (non-hydrogen) atoms. The third-order valence-electron chi connectivity index (χ3n) is 4.39. The van der Waals surface area contributed by atoms with Gasteiger partial charge in [-0.05, 0) is 24.6 Å². The van der Waals surface area contributed by atoms with Gasteiger partial charge in [-0.15, -0.1) is 0 Å². The Kier molecular flexibility index (Phi) is 7.23. The minimum atomic E-state index is 0.00668. The van der Waals surface area contributed by atoms with Crippen molar-refractivity contribution >= 4 is 17.5 Å². The first-order valence-corrected chi connectivity index (χ1v) is 9.81. The predicted molar refractivity (Wildman–Crippen MR) is 113 cm³/mol. The van der Waals surface area contributed by atoms with Crippen molar-refractivity contribution in [3.63, 3.8) is 0 Å². The average Bonchev–Trinajstić information content (AvgIpc) is 3.09. The summed E-state index contributed by atoms with van der Waals surface area (Å²) in [5.74, 6) is 0.00668. The Hall–Kier alpha value is -2.63. The van der Waals surface area contributed by atoms with Gasteiger partial charge in [-0.1, -0.05) is 60.1 Å². The van der Waals surface area contributed by atoms with Crippen molar-refractivity contribution < 1.29 is 4.79 Å². The number of benzene rings is 2. The van der Waals surface area contributed by atoms with E-state index in [9.17, 15) is 4.79 Å². The summed E-state index contributed by atoms with van der Waals surface area (Å²) in [5.41, 5.74) is 4.25. The van der Waals surface area contributed by atoms with Gasteiger partial charge in [0.05, 0.1) is 12.2 Å². The number of rotatable bonds is 9. The zero-order chi connectivity index (χ0) is 19.8. The van der Waals surface area contributed by atoms with Crippen LogP contribution in [0, 0.1) is 0 Å². The van der Waals surface area contributed by atoms with E-state index in [2.05, 4.69) is 29.0 Å². The number of hydrogen-bond donors (Lipinski definition) is 2. The molecular formula is C22H25ClN4O. The van der Waals surface area contributed by atoms with Crippen LogP contribution in [-0.2, 0) is 17.9 Å². The zero-order valence-electron chi connectivity index (χ0n) is 16.0. The van der Waals surface area contributed by atoms with Gasteiger partial charge in [0, 0.05) is 42.4 Å². The zero-order valence-corrected chi connectivity index (χ0v) is 16.7. The van der Waals surface area contributed by atoms with Crippen LogP contribution in [0.4, 0.5) is 0 Å². The van der Waals surface area contributed by atoms with Gasteiger partial charge < -0.3 is 10.6 Å². The molecule has 2 N–H and O–H groups in total. The van der Waals surface area contributed by atoms with E-state index in [1.807, 2.05) is 47.1 Å². The van der Waals surface area contributed by atoms with Gasteiger partial charge >= 0.3 is 0 Å². The molecule has 0 unspecified atom stereocenters. The Morgan fingerprint density at radius 1 is 1.04 bits per heavy atom. The normalized spacial score (nSPS) is 10.8. The smallest absolute Gasteiger partial charge is 0.216 e. The van der Waals surface area contributed by atoms with Gasteiger partial charge in [-0.2, -0.15) is 5.10 Å². The Labute approximate surface area is 170 Å². The van der Waals surface area contributed by atoms with Crippen LogP contribution >= 0.6 is 11.6 Å². The molecule has 0 radical (unpaired) electrons. The van der Waals surface area contributed by atoms with E-state index in [1.165, 1.54) is 6.92 Å². The second-order valence-corrected chi connectivity index (χ2v) is 7.08. The van der Waals surface area contributed by atoms with Gasteiger partial charge in [0.25, 0.3) is 0 Å². The van der Waals surface area contributed by atoms with Crippen molar-refractivity contribution in [2.75, 3.05) is 13.1 Å². The summed E-state index contributed by atoms with van der Waals surface area (Å²) in [7, 11) is 0. The van der Waals surface area contributed by atoms with Crippen molar-refractivity contribution in [2.24, 2.45) is 0 Å². The quantitative estimate of drug-likeness (QED) is 0.540. The van der Waals surface area contributed by atoms with Crippen molar-refractivity contribution in [3.05, 3.63) is 76.9 Å². The number of nitrogens with zero attached hydrogens (tertiary/aromatic N) is 2. The molecule has 0 saturated carbocycles. The Bertz CT molecular complexity index is 908. The molecule has 3 aromatic rings. The molecule has 0 atom stereocenters. The summed E-state index contributed by atoms with van der Waals surface area (Å²) in [6.45, 7) is 4.38. The van der Waals surface area contributed by atoms with Crippen LogP contribution in [-0.4, -0.2) is 28.8 Å². The molecule has 0 spiro atoms. The Morgan fingerprint density at radius 2 is 1.79 bits per heavy atom. The number of hydrogen-bond acceptors (Lipinski definition) is 3. The van der Waals surface area contributed by atoms with Crippen molar-refractivity contribution in [1.82, 2.24) is 20.4 Å². The highest BCUT2D eigenvalue weighted by Gasteiger charge is 2.12. The molecule has 0 bridgehead atoms. The first-order valence-electron chi connectivity index (χ1n) is 9.44. The molecule has 0 aliphatic carbocycles. The molecule has 2 aromatic carbocycles. The van der Waals surface area contributed by atoms with Crippen molar-refractivity contribution in [2.45, 2.75) is 26.4 Å². The predicted octanol–water partition coefficient (Wildman–Crippen LogP) is 3.87. The summed E-state index contributed by atoms with van der Waals surface area (Å²) in [5, 5.41) is 11.8. The van der Waals surface area contributed by atoms with Gasteiger partial charge in [0.2, 0.25) is 5.91 Å². The highest BCUT2D eigenvalue weighted by atomic mass is 35.5. The van der Waals surface area contributed by atoms with E-state index >= 15 is 0 Å². The highest BCUT2D eigenvalue weighted by molar-refractivity contribution is 6.31. The number of carbonyl (C=O) groups is 1. The number of aromatic nitrogens is 2. The topological polar surface area (TPSA) is 59.0 Å². The fraction of sp³-hybridized carbons (Fsp3) is 0.273. The van der Waals surface area contributed by atoms with E-state index in [1.54, 1.807) is 0 Å². The van der Waals surface area contributed by atoms with E-state index in [0.717, 1.165) is 40.4 Å². The van der Waals surface area contributed by atoms with Crippen LogP contribution in [0.3, 0.4) is 0 Å².